The Balaban J connectivity index is 1.96. The van der Waals surface area contributed by atoms with E-state index in [1.54, 1.807) is 24.4 Å². The molecule has 188 valence electrons. The summed E-state index contributed by atoms with van der Waals surface area (Å²) in [7, 11) is 0. The zero-order valence-electron chi connectivity index (χ0n) is 21.5. The molecule has 3 rings (SSSR count). The van der Waals surface area contributed by atoms with E-state index >= 15 is 0 Å². The van der Waals surface area contributed by atoms with Crippen LogP contribution in [0.1, 0.15) is 56.3 Å². The number of nitrogens with one attached hydrogen (secondary N) is 2. The molecule has 1 unspecified atom stereocenters. The summed E-state index contributed by atoms with van der Waals surface area (Å²) in [6.45, 7) is 9.58. The molecule has 0 radical (unpaired) electrons. The number of amides is 3. The minimum Gasteiger partial charge on any atom is -0.349 e. The van der Waals surface area contributed by atoms with Gasteiger partial charge < -0.3 is 10.6 Å². The van der Waals surface area contributed by atoms with Crippen molar-refractivity contribution in [2.75, 3.05) is 10.2 Å². The molecule has 1 aromatic heterocycles. The summed E-state index contributed by atoms with van der Waals surface area (Å²) in [6, 6.07) is 19.3. The fraction of sp³-hybridized carbons (Fsp3) is 0.310. The maximum atomic E-state index is 13.8. The molecule has 36 heavy (non-hydrogen) atoms. The summed E-state index contributed by atoms with van der Waals surface area (Å²) in [4.78, 5) is 45.6. The van der Waals surface area contributed by atoms with E-state index in [4.69, 9.17) is 0 Å². The first-order valence-corrected chi connectivity index (χ1v) is 12.0. The monoisotopic (exact) mass is 486 g/mol. The molecular weight excluding hydrogens is 452 g/mol. The van der Waals surface area contributed by atoms with Gasteiger partial charge in [-0.3, -0.25) is 19.3 Å². The van der Waals surface area contributed by atoms with E-state index in [1.165, 1.54) is 4.90 Å². The van der Waals surface area contributed by atoms with Crippen LogP contribution in [0.3, 0.4) is 0 Å². The highest BCUT2D eigenvalue weighted by atomic mass is 16.2. The van der Waals surface area contributed by atoms with Crippen molar-refractivity contribution in [3.63, 3.8) is 0 Å². The minimum absolute atomic E-state index is 0.0424. The smallest absolute Gasteiger partial charge is 0.248 e. The Labute approximate surface area is 212 Å². The lowest BCUT2D eigenvalue weighted by molar-refractivity contribution is -0.128. The molecule has 0 saturated heterocycles. The molecule has 1 heterocycles. The summed E-state index contributed by atoms with van der Waals surface area (Å²) in [6.07, 6.45) is 1.47. The highest BCUT2D eigenvalue weighted by Crippen LogP contribution is 2.32. The van der Waals surface area contributed by atoms with Gasteiger partial charge >= 0.3 is 0 Å². The lowest BCUT2D eigenvalue weighted by atomic mass is 9.98. The molecule has 0 aliphatic carbocycles. The van der Waals surface area contributed by atoms with Gasteiger partial charge in [-0.15, -0.1) is 0 Å². The number of para-hydroxylation sites is 1. The molecule has 0 aliphatic heterocycles. The maximum Gasteiger partial charge on any atom is 0.248 e. The number of carbonyl (C=O) groups excluding carboxylic acids is 3. The Morgan fingerprint density at radius 3 is 2.17 bits per heavy atom. The van der Waals surface area contributed by atoms with Crippen molar-refractivity contribution in [1.82, 2.24) is 10.3 Å². The Bertz CT molecular complexity index is 1200. The van der Waals surface area contributed by atoms with E-state index in [0.717, 1.165) is 11.1 Å². The van der Waals surface area contributed by atoms with Crippen molar-refractivity contribution in [2.45, 2.75) is 59.0 Å². The maximum absolute atomic E-state index is 13.8. The Hall–Kier alpha value is -4.00. The van der Waals surface area contributed by atoms with Crippen molar-refractivity contribution < 1.29 is 14.4 Å². The summed E-state index contributed by atoms with van der Waals surface area (Å²) in [5, 5.41) is 5.74. The van der Waals surface area contributed by atoms with Gasteiger partial charge in [-0.2, -0.15) is 0 Å². The highest BCUT2D eigenvalue weighted by Gasteiger charge is 2.35. The van der Waals surface area contributed by atoms with Crippen LogP contribution >= 0.6 is 0 Å². The number of aromatic nitrogens is 1. The van der Waals surface area contributed by atoms with Gasteiger partial charge in [0.25, 0.3) is 0 Å². The minimum atomic E-state index is -0.905. The van der Waals surface area contributed by atoms with Gasteiger partial charge in [0.05, 0.1) is 0 Å². The predicted octanol–water partition coefficient (Wildman–Crippen LogP) is 5.11. The number of pyridine rings is 1. The number of hydrogen-bond acceptors (Lipinski definition) is 4. The largest absolute Gasteiger partial charge is 0.349 e. The fourth-order valence-corrected chi connectivity index (χ4v) is 3.84. The first-order valence-electron chi connectivity index (χ1n) is 12.0. The second-order valence-corrected chi connectivity index (χ2v) is 9.87. The molecule has 0 bridgehead atoms. The summed E-state index contributed by atoms with van der Waals surface area (Å²) >= 11 is 0. The van der Waals surface area contributed by atoms with Gasteiger partial charge in [-0.1, -0.05) is 54.1 Å². The Morgan fingerprint density at radius 1 is 0.889 bits per heavy atom. The molecule has 2 N–H and O–H groups in total. The van der Waals surface area contributed by atoms with E-state index in [9.17, 15) is 14.4 Å². The van der Waals surface area contributed by atoms with Gasteiger partial charge in [0.1, 0.15) is 11.9 Å². The van der Waals surface area contributed by atoms with Crippen molar-refractivity contribution >= 4 is 29.2 Å². The van der Waals surface area contributed by atoms with Gasteiger partial charge in [-0.05, 0) is 63.9 Å². The van der Waals surface area contributed by atoms with Crippen LogP contribution in [0.25, 0.3) is 0 Å². The van der Waals surface area contributed by atoms with Crippen LogP contribution in [0.15, 0.2) is 72.9 Å². The van der Waals surface area contributed by atoms with Crippen molar-refractivity contribution in [3.8, 4) is 0 Å². The van der Waals surface area contributed by atoms with Crippen LogP contribution < -0.4 is 15.5 Å². The van der Waals surface area contributed by atoms with Gasteiger partial charge in [0.2, 0.25) is 17.7 Å². The number of anilines is 2. The van der Waals surface area contributed by atoms with E-state index < -0.39 is 11.6 Å². The molecule has 0 saturated carbocycles. The molecule has 7 nitrogen and oxygen atoms in total. The number of nitrogens with zero attached hydrogens (tertiary/aromatic N) is 2. The highest BCUT2D eigenvalue weighted by molar-refractivity contribution is 6.03. The molecular formula is C29H34N4O3. The van der Waals surface area contributed by atoms with Crippen molar-refractivity contribution in [3.05, 3.63) is 89.6 Å². The van der Waals surface area contributed by atoms with Crippen LogP contribution in [-0.2, 0) is 14.4 Å². The third-order valence-corrected chi connectivity index (χ3v) is 5.54. The van der Waals surface area contributed by atoms with E-state index in [2.05, 4.69) is 15.6 Å². The Morgan fingerprint density at radius 2 is 1.56 bits per heavy atom. The predicted molar refractivity (Wildman–Crippen MR) is 143 cm³/mol. The van der Waals surface area contributed by atoms with E-state index in [1.807, 2.05) is 83.1 Å². The van der Waals surface area contributed by atoms with Crippen LogP contribution in [0, 0.1) is 13.8 Å². The van der Waals surface area contributed by atoms with Crippen molar-refractivity contribution in [2.24, 2.45) is 0 Å². The van der Waals surface area contributed by atoms with Gasteiger partial charge in [-0.25, -0.2) is 4.98 Å². The first kappa shape index (κ1) is 26.6. The summed E-state index contributed by atoms with van der Waals surface area (Å²) in [5.74, 6) is -0.512. The summed E-state index contributed by atoms with van der Waals surface area (Å²) in [5.41, 5.74) is 2.72. The molecule has 0 fully saturated rings. The number of benzene rings is 2. The van der Waals surface area contributed by atoms with Crippen LogP contribution in [0.4, 0.5) is 11.5 Å². The molecule has 0 aliphatic rings. The third-order valence-electron chi connectivity index (χ3n) is 5.54. The average Bonchev–Trinajstić information content (AvgIpc) is 2.82. The standard InChI is InChI=1S/C29H34N4O3/c1-20-13-15-22(16-14-20)27(28(36)32-29(3,4)5)33(23-11-7-6-10-21(23)2)26(35)18-17-25(34)31-24-12-8-9-19-30-24/h6-16,19,27H,17-18H2,1-5H3,(H,32,36)(H,30,31,34). The molecule has 2 aromatic carbocycles. The molecule has 1 atom stereocenters. The third kappa shape index (κ3) is 7.25. The zero-order chi connectivity index (χ0) is 26.3. The second-order valence-electron chi connectivity index (χ2n) is 9.87. The summed E-state index contributed by atoms with van der Waals surface area (Å²) < 4.78 is 0. The molecule has 0 spiro atoms. The van der Waals surface area contributed by atoms with Gasteiger partial charge in [0.15, 0.2) is 0 Å². The topological polar surface area (TPSA) is 91.4 Å². The fourth-order valence-electron chi connectivity index (χ4n) is 3.84. The quantitative estimate of drug-likeness (QED) is 0.463. The number of carbonyl (C=O) groups is 3. The number of rotatable bonds is 8. The van der Waals surface area contributed by atoms with Crippen molar-refractivity contribution in [1.29, 1.82) is 0 Å². The SMILES string of the molecule is Cc1ccc(C(C(=O)NC(C)(C)C)N(C(=O)CCC(=O)Nc2ccccn2)c2ccccc2C)cc1. The molecule has 3 amide bonds. The van der Waals surface area contributed by atoms with Crippen LogP contribution in [0.5, 0.6) is 0 Å². The molecule has 7 heteroatoms. The lowest BCUT2D eigenvalue weighted by Crippen LogP contribution is -2.49. The second kappa shape index (κ2) is 11.6. The normalized spacial score (nSPS) is 11.9. The zero-order valence-corrected chi connectivity index (χ0v) is 21.5. The van der Waals surface area contributed by atoms with E-state index in [-0.39, 0.29) is 30.6 Å². The average molecular weight is 487 g/mol. The lowest BCUT2D eigenvalue weighted by Gasteiger charge is -2.34. The number of hydrogen-bond donors (Lipinski definition) is 2. The van der Waals surface area contributed by atoms with E-state index in [0.29, 0.717) is 17.1 Å². The van der Waals surface area contributed by atoms with Crippen LogP contribution in [0.2, 0.25) is 0 Å². The Kier molecular flexibility index (Phi) is 8.59. The van der Waals surface area contributed by atoms with Crippen LogP contribution in [-0.4, -0.2) is 28.2 Å². The van der Waals surface area contributed by atoms with Gasteiger partial charge in [0, 0.05) is 30.3 Å². The first-order chi connectivity index (χ1) is 17.0. The number of aryl methyl sites for hydroxylation is 2. The molecule has 3 aromatic rings.